The van der Waals surface area contributed by atoms with E-state index < -0.39 is 0 Å². The van der Waals surface area contributed by atoms with E-state index in [1.807, 2.05) is 19.1 Å². The van der Waals surface area contributed by atoms with Gasteiger partial charge in [0.1, 0.15) is 0 Å². The third-order valence-corrected chi connectivity index (χ3v) is 3.32. The van der Waals surface area contributed by atoms with Crippen LogP contribution in [0.15, 0.2) is 18.2 Å². The van der Waals surface area contributed by atoms with Gasteiger partial charge in [-0.2, -0.15) is 0 Å². The van der Waals surface area contributed by atoms with Gasteiger partial charge < -0.3 is 10.6 Å². The molecular formula is C15H25ClN2. The maximum absolute atomic E-state index is 6.30. The van der Waals surface area contributed by atoms with Gasteiger partial charge in [0, 0.05) is 29.3 Å². The molecule has 102 valence electrons. The van der Waals surface area contributed by atoms with E-state index in [4.69, 9.17) is 17.3 Å². The lowest BCUT2D eigenvalue weighted by Gasteiger charge is -2.31. The number of benzene rings is 1. The highest BCUT2D eigenvalue weighted by molar-refractivity contribution is 6.31. The second-order valence-corrected chi connectivity index (χ2v) is 6.04. The zero-order valence-corrected chi connectivity index (χ0v) is 12.8. The van der Waals surface area contributed by atoms with Gasteiger partial charge >= 0.3 is 0 Å². The van der Waals surface area contributed by atoms with Crippen LogP contribution in [0.4, 0.5) is 5.69 Å². The van der Waals surface area contributed by atoms with Crippen molar-refractivity contribution in [2.45, 2.75) is 46.7 Å². The van der Waals surface area contributed by atoms with Crippen LogP contribution < -0.4 is 10.6 Å². The van der Waals surface area contributed by atoms with Gasteiger partial charge in [-0.25, -0.2) is 0 Å². The van der Waals surface area contributed by atoms with E-state index in [2.05, 4.69) is 38.7 Å². The minimum atomic E-state index is -0.0239. The van der Waals surface area contributed by atoms with Gasteiger partial charge in [0.2, 0.25) is 0 Å². The van der Waals surface area contributed by atoms with Crippen molar-refractivity contribution in [2.75, 3.05) is 11.4 Å². The standard InChI is InChI=1S/C15H25ClN2/c1-10(2)9-18(11(3)4)13-6-7-14(12(5)17)15(16)8-13/h6-8,10-12H,9,17H2,1-5H3. The molecule has 0 heterocycles. The number of hydrogen-bond acceptors (Lipinski definition) is 2. The number of rotatable bonds is 5. The molecule has 0 aliphatic carbocycles. The summed E-state index contributed by atoms with van der Waals surface area (Å²) in [7, 11) is 0. The largest absolute Gasteiger partial charge is 0.369 e. The van der Waals surface area contributed by atoms with Crippen molar-refractivity contribution in [3.63, 3.8) is 0 Å². The number of anilines is 1. The molecule has 0 aromatic heterocycles. The molecule has 1 rings (SSSR count). The molecule has 2 N–H and O–H groups in total. The van der Waals surface area contributed by atoms with Crippen LogP contribution in [-0.4, -0.2) is 12.6 Å². The van der Waals surface area contributed by atoms with E-state index in [1.54, 1.807) is 0 Å². The van der Waals surface area contributed by atoms with E-state index in [0.29, 0.717) is 12.0 Å². The van der Waals surface area contributed by atoms with Crippen LogP contribution in [0, 0.1) is 5.92 Å². The lowest BCUT2D eigenvalue weighted by molar-refractivity contribution is 0.571. The quantitative estimate of drug-likeness (QED) is 0.866. The van der Waals surface area contributed by atoms with E-state index in [0.717, 1.165) is 17.1 Å². The summed E-state index contributed by atoms with van der Waals surface area (Å²) < 4.78 is 0. The van der Waals surface area contributed by atoms with Crippen LogP contribution in [0.2, 0.25) is 5.02 Å². The van der Waals surface area contributed by atoms with Crippen molar-refractivity contribution in [2.24, 2.45) is 11.7 Å². The monoisotopic (exact) mass is 268 g/mol. The highest BCUT2D eigenvalue weighted by atomic mass is 35.5. The Hall–Kier alpha value is -0.730. The molecule has 1 atom stereocenters. The van der Waals surface area contributed by atoms with Gasteiger partial charge in [0.15, 0.2) is 0 Å². The first-order valence-corrected chi connectivity index (χ1v) is 7.02. The van der Waals surface area contributed by atoms with Crippen LogP contribution in [0.25, 0.3) is 0 Å². The number of nitrogens with zero attached hydrogens (tertiary/aromatic N) is 1. The van der Waals surface area contributed by atoms with Crippen LogP contribution >= 0.6 is 11.6 Å². The third kappa shape index (κ3) is 3.89. The van der Waals surface area contributed by atoms with Gasteiger partial charge in [0.05, 0.1) is 0 Å². The molecule has 1 aromatic rings. The summed E-state index contributed by atoms with van der Waals surface area (Å²) in [4.78, 5) is 2.38. The van der Waals surface area contributed by atoms with Gasteiger partial charge in [-0.05, 0) is 44.4 Å². The Morgan fingerprint density at radius 3 is 2.17 bits per heavy atom. The normalized spacial score (nSPS) is 13.2. The molecule has 0 aliphatic heterocycles. The Bertz CT molecular complexity index is 386. The maximum Gasteiger partial charge on any atom is 0.0474 e. The Kier molecular flexibility index (Phi) is 5.48. The topological polar surface area (TPSA) is 29.3 Å². The van der Waals surface area contributed by atoms with Gasteiger partial charge in [-0.15, -0.1) is 0 Å². The molecule has 1 aromatic carbocycles. The van der Waals surface area contributed by atoms with Crippen molar-refractivity contribution in [1.29, 1.82) is 0 Å². The zero-order valence-electron chi connectivity index (χ0n) is 12.1. The number of hydrogen-bond donors (Lipinski definition) is 1. The molecule has 0 fully saturated rings. The summed E-state index contributed by atoms with van der Waals surface area (Å²) in [5, 5.41) is 0.761. The first kappa shape index (κ1) is 15.3. The summed E-state index contributed by atoms with van der Waals surface area (Å²) in [5.41, 5.74) is 8.07. The van der Waals surface area contributed by atoms with Crippen molar-refractivity contribution >= 4 is 17.3 Å². The first-order valence-electron chi connectivity index (χ1n) is 6.64. The van der Waals surface area contributed by atoms with Crippen LogP contribution in [-0.2, 0) is 0 Å². The van der Waals surface area contributed by atoms with E-state index in [9.17, 15) is 0 Å². The molecule has 3 heteroatoms. The van der Waals surface area contributed by atoms with Crippen molar-refractivity contribution in [3.05, 3.63) is 28.8 Å². The number of nitrogens with two attached hydrogens (primary N) is 1. The summed E-state index contributed by atoms with van der Waals surface area (Å²) in [6, 6.07) is 6.63. The Morgan fingerprint density at radius 2 is 1.78 bits per heavy atom. The second kappa shape index (κ2) is 6.44. The molecule has 0 amide bonds. The molecule has 0 saturated heterocycles. The summed E-state index contributed by atoms with van der Waals surface area (Å²) in [6.45, 7) is 11.9. The Labute approximate surface area is 116 Å². The van der Waals surface area contributed by atoms with E-state index in [1.165, 1.54) is 5.69 Å². The van der Waals surface area contributed by atoms with Gasteiger partial charge in [-0.3, -0.25) is 0 Å². The van der Waals surface area contributed by atoms with Crippen molar-refractivity contribution < 1.29 is 0 Å². The Balaban J connectivity index is 3.03. The van der Waals surface area contributed by atoms with Crippen molar-refractivity contribution in [3.8, 4) is 0 Å². The van der Waals surface area contributed by atoms with Crippen LogP contribution in [0.3, 0.4) is 0 Å². The average molecular weight is 269 g/mol. The third-order valence-electron chi connectivity index (χ3n) is 2.99. The molecule has 0 saturated carbocycles. The van der Waals surface area contributed by atoms with Gasteiger partial charge in [-0.1, -0.05) is 31.5 Å². The van der Waals surface area contributed by atoms with Crippen molar-refractivity contribution in [1.82, 2.24) is 0 Å². The summed E-state index contributed by atoms with van der Waals surface area (Å²) >= 11 is 6.30. The summed E-state index contributed by atoms with van der Waals surface area (Å²) in [5.74, 6) is 0.624. The predicted molar refractivity (Wildman–Crippen MR) is 81.4 cm³/mol. The van der Waals surface area contributed by atoms with E-state index >= 15 is 0 Å². The minimum Gasteiger partial charge on any atom is -0.369 e. The van der Waals surface area contributed by atoms with Crippen LogP contribution in [0.5, 0.6) is 0 Å². The zero-order chi connectivity index (χ0) is 13.9. The molecule has 0 spiro atoms. The SMILES string of the molecule is CC(C)CN(c1ccc(C(C)N)c(Cl)c1)C(C)C. The fraction of sp³-hybridized carbons (Fsp3) is 0.600. The highest BCUT2D eigenvalue weighted by Crippen LogP contribution is 2.28. The lowest BCUT2D eigenvalue weighted by atomic mass is 10.1. The van der Waals surface area contributed by atoms with E-state index in [-0.39, 0.29) is 6.04 Å². The molecule has 2 nitrogen and oxygen atoms in total. The second-order valence-electron chi connectivity index (χ2n) is 5.63. The minimum absolute atomic E-state index is 0.0239. The molecular weight excluding hydrogens is 244 g/mol. The first-order chi connectivity index (χ1) is 8.32. The molecule has 18 heavy (non-hydrogen) atoms. The fourth-order valence-electron chi connectivity index (χ4n) is 2.07. The molecule has 0 aliphatic rings. The Morgan fingerprint density at radius 1 is 1.17 bits per heavy atom. The highest BCUT2D eigenvalue weighted by Gasteiger charge is 2.14. The molecule has 0 bridgehead atoms. The van der Waals surface area contributed by atoms with Crippen LogP contribution in [0.1, 0.15) is 46.2 Å². The summed E-state index contributed by atoms with van der Waals surface area (Å²) in [6.07, 6.45) is 0. The maximum atomic E-state index is 6.30. The number of halogens is 1. The van der Waals surface area contributed by atoms with Gasteiger partial charge in [0.25, 0.3) is 0 Å². The molecule has 0 radical (unpaired) electrons. The smallest absolute Gasteiger partial charge is 0.0474 e. The fourth-order valence-corrected chi connectivity index (χ4v) is 2.42. The lowest BCUT2D eigenvalue weighted by Crippen LogP contribution is -2.34. The predicted octanol–water partition coefficient (Wildman–Crippen LogP) is 4.23. The molecule has 1 unspecified atom stereocenters. The average Bonchev–Trinajstić information content (AvgIpc) is 2.24.